The molecule has 0 radical (unpaired) electrons. The third-order valence-electron chi connectivity index (χ3n) is 5.31. The molecule has 0 unspecified atom stereocenters. The van der Waals surface area contributed by atoms with Gasteiger partial charge >= 0.3 is 0 Å². The van der Waals surface area contributed by atoms with Crippen molar-refractivity contribution in [3.05, 3.63) is 83.8 Å². The lowest BCUT2D eigenvalue weighted by molar-refractivity contribution is -0.117. The van der Waals surface area contributed by atoms with E-state index in [4.69, 9.17) is 9.15 Å². The van der Waals surface area contributed by atoms with Gasteiger partial charge in [0.1, 0.15) is 11.5 Å². The maximum absolute atomic E-state index is 12.7. The first kappa shape index (κ1) is 22.6. The Labute approximate surface area is 193 Å². The first-order chi connectivity index (χ1) is 16.1. The fourth-order valence-corrected chi connectivity index (χ4v) is 3.51. The molecule has 33 heavy (non-hydrogen) atoms. The van der Waals surface area contributed by atoms with Crippen molar-refractivity contribution in [3.8, 4) is 5.75 Å². The average molecular weight is 448 g/mol. The highest BCUT2D eigenvalue weighted by atomic mass is 16.5. The van der Waals surface area contributed by atoms with E-state index >= 15 is 0 Å². The fourth-order valence-electron chi connectivity index (χ4n) is 3.51. The Balaban J connectivity index is 1.38. The van der Waals surface area contributed by atoms with E-state index in [1.165, 1.54) is 0 Å². The van der Waals surface area contributed by atoms with Crippen LogP contribution in [0.1, 0.15) is 41.4 Å². The van der Waals surface area contributed by atoms with Gasteiger partial charge in [0.2, 0.25) is 5.91 Å². The summed E-state index contributed by atoms with van der Waals surface area (Å²) in [5.41, 5.74) is 2.38. The third-order valence-corrected chi connectivity index (χ3v) is 5.31. The number of nitrogens with one attached hydrogen (secondary N) is 2. The lowest BCUT2D eigenvalue weighted by Gasteiger charge is -2.21. The van der Waals surface area contributed by atoms with Crippen molar-refractivity contribution < 1.29 is 18.7 Å². The van der Waals surface area contributed by atoms with Crippen LogP contribution in [0, 0.1) is 0 Å². The van der Waals surface area contributed by atoms with E-state index in [0.717, 1.165) is 29.9 Å². The molecule has 1 saturated carbocycles. The summed E-state index contributed by atoms with van der Waals surface area (Å²) in [6.07, 6.45) is 3.75. The van der Waals surface area contributed by atoms with Gasteiger partial charge < -0.3 is 19.8 Å². The Morgan fingerprint density at radius 1 is 1.03 bits per heavy atom. The largest absolute Gasteiger partial charge is 0.494 e. The molecule has 0 spiro atoms. The number of amides is 2. The van der Waals surface area contributed by atoms with Crippen molar-refractivity contribution in [2.24, 2.45) is 0 Å². The number of hydrogen-bond acceptors (Lipinski definition) is 5. The SMILES string of the molecule is CCOc1ccc(NC(=O)CN(Cc2ccc(C(=O)NC3CC3)cc2)Cc2ccco2)cc1. The molecule has 2 N–H and O–H groups in total. The number of carbonyl (C=O) groups is 2. The molecule has 2 aromatic carbocycles. The smallest absolute Gasteiger partial charge is 0.251 e. The van der Waals surface area contributed by atoms with Crippen molar-refractivity contribution in [1.82, 2.24) is 10.2 Å². The zero-order valence-electron chi connectivity index (χ0n) is 18.8. The number of furan rings is 1. The van der Waals surface area contributed by atoms with Crippen LogP contribution in [0.4, 0.5) is 5.69 Å². The highest BCUT2D eigenvalue weighted by Gasteiger charge is 2.23. The van der Waals surface area contributed by atoms with Gasteiger partial charge in [0.15, 0.2) is 0 Å². The number of carbonyl (C=O) groups excluding carboxylic acids is 2. The van der Waals surface area contributed by atoms with Gasteiger partial charge in [-0.1, -0.05) is 12.1 Å². The Morgan fingerprint density at radius 3 is 2.42 bits per heavy atom. The van der Waals surface area contributed by atoms with Crippen LogP contribution in [0.25, 0.3) is 0 Å². The zero-order valence-corrected chi connectivity index (χ0v) is 18.8. The molecule has 3 aromatic rings. The minimum absolute atomic E-state index is 0.0359. The number of hydrogen-bond donors (Lipinski definition) is 2. The zero-order chi connectivity index (χ0) is 23.0. The van der Waals surface area contributed by atoms with Crippen LogP contribution in [0.5, 0.6) is 5.75 Å². The molecule has 0 bridgehead atoms. The maximum atomic E-state index is 12.7. The monoisotopic (exact) mass is 447 g/mol. The van der Waals surface area contributed by atoms with E-state index < -0.39 is 0 Å². The summed E-state index contributed by atoms with van der Waals surface area (Å²) in [5, 5.41) is 5.93. The summed E-state index contributed by atoms with van der Waals surface area (Å²) >= 11 is 0. The van der Waals surface area contributed by atoms with Crippen molar-refractivity contribution in [2.45, 2.75) is 38.9 Å². The molecule has 1 aliphatic carbocycles. The van der Waals surface area contributed by atoms with Crippen LogP contribution in [0.2, 0.25) is 0 Å². The summed E-state index contributed by atoms with van der Waals surface area (Å²) in [4.78, 5) is 27.0. The lowest BCUT2D eigenvalue weighted by Crippen LogP contribution is -2.32. The standard InChI is InChI=1S/C26H29N3O4/c1-2-32-23-13-11-21(12-14-23)27-25(30)18-29(17-24-4-3-15-33-24)16-19-5-7-20(8-6-19)26(31)28-22-9-10-22/h3-8,11-15,22H,2,9-10,16-18H2,1H3,(H,27,30)(H,28,31). The fraction of sp³-hybridized carbons (Fsp3) is 0.308. The van der Waals surface area contributed by atoms with Crippen molar-refractivity contribution in [3.63, 3.8) is 0 Å². The number of rotatable bonds is 11. The Morgan fingerprint density at radius 2 is 1.79 bits per heavy atom. The summed E-state index contributed by atoms with van der Waals surface area (Å²) < 4.78 is 10.9. The highest BCUT2D eigenvalue weighted by molar-refractivity contribution is 5.94. The lowest BCUT2D eigenvalue weighted by atomic mass is 10.1. The molecule has 0 aliphatic heterocycles. The van der Waals surface area contributed by atoms with Gasteiger partial charge in [-0.05, 0) is 73.9 Å². The number of ether oxygens (including phenoxy) is 1. The molecule has 0 saturated heterocycles. The van der Waals surface area contributed by atoms with Gasteiger partial charge in [0.25, 0.3) is 5.91 Å². The first-order valence-electron chi connectivity index (χ1n) is 11.3. The molecule has 1 aromatic heterocycles. The second kappa shape index (κ2) is 10.8. The maximum Gasteiger partial charge on any atom is 0.251 e. The van der Waals surface area contributed by atoms with Crippen LogP contribution in [-0.4, -0.2) is 35.9 Å². The Kier molecular flexibility index (Phi) is 7.42. The van der Waals surface area contributed by atoms with Gasteiger partial charge in [-0.25, -0.2) is 0 Å². The topological polar surface area (TPSA) is 83.8 Å². The molecule has 1 aliphatic rings. The molecule has 1 fully saturated rings. The predicted molar refractivity (Wildman–Crippen MR) is 126 cm³/mol. The van der Waals surface area contributed by atoms with Crippen LogP contribution in [0.15, 0.2) is 71.3 Å². The van der Waals surface area contributed by atoms with E-state index in [2.05, 4.69) is 10.6 Å². The molecular formula is C26H29N3O4. The second-order valence-corrected chi connectivity index (χ2v) is 8.17. The molecule has 172 valence electrons. The number of anilines is 1. The average Bonchev–Trinajstić information content (AvgIpc) is 3.47. The minimum atomic E-state index is -0.119. The van der Waals surface area contributed by atoms with Gasteiger partial charge in [-0.2, -0.15) is 0 Å². The van der Waals surface area contributed by atoms with Crippen molar-refractivity contribution >= 4 is 17.5 Å². The molecule has 0 atom stereocenters. The van der Waals surface area contributed by atoms with Crippen LogP contribution >= 0.6 is 0 Å². The summed E-state index contributed by atoms with van der Waals surface area (Å²) in [6.45, 7) is 3.76. The van der Waals surface area contributed by atoms with Gasteiger partial charge in [0, 0.05) is 23.8 Å². The molecule has 1 heterocycles. The molecule has 4 rings (SSSR count). The normalized spacial score (nSPS) is 13.0. The summed E-state index contributed by atoms with van der Waals surface area (Å²) in [5.74, 6) is 1.39. The molecule has 7 nitrogen and oxygen atoms in total. The van der Waals surface area contributed by atoms with Gasteiger partial charge in [-0.15, -0.1) is 0 Å². The molecule has 2 amide bonds. The van der Waals surface area contributed by atoms with Gasteiger partial charge in [-0.3, -0.25) is 14.5 Å². The van der Waals surface area contributed by atoms with E-state index in [-0.39, 0.29) is 18.4 Å². The highest BCUT2D eigenvalue weighted by Crippen LogP contribution is 2.20. The summed E-state index contributed by atoms with van der Waals surface area (Å²) in [6, 6.07) is 18.9. The number of nitrogens with zero attached hydrogens (tertiary/aromatic N) is 1. The Hall–Kier alpha value is -3.58. The summed E-state index contributed by atoms with van der Waals surface area (Å²) in [7, 11) is 0. The van der Waals surface area contributed by atoms with Crippen molar-refractivity contribution in [2.75, 3.05) is 18.5 Å². The third kappa shape index (κ3) is 6.95. The second-order valence-electron chi connectivity index (χ2n) is 8.17. The first-order valence-corrected chi connectivity index (χ1v) is 11.3. The van der Waals surface area contributed by atoms with E-state index in [0.29, 0.717) is 37.0 Å². The Bertz CT molecular complexity index is 1040. The van der Waals surface area contributed by atoms with Crippen LogP contribution in [-0.2, 0) is 17.9 Å². The molecular weight excluding hydrogens is 418 g/mol. The quantitative estimate of drug-likeness (QED) is 0.460. The van der Waals surface area contributed by atoms with Crippen LogP contribution < -0.4 is 15.4 Å². The number of benzene rings is 2. The predicted octanol–water partition coefficient (Wildman–Crippen LogP) is 4.21. The van der Waals surface area contributed by atoms with E-state index in [1.807, 2.05) is 72.5 Å². The van der Waals surface area contributed by atoms with Crippen LogP contribution in [0.3, 0.4) is 0 Å². The van der Waals surface area contributed by atoms with Crippen molar-refractivity contribution in [1.29, 1.82) is 0 Å². The minimum Gasteiger partial charge on any atom is -0.494 e. The van der Waals surface area contributed by atoms with E-state index in [1.54, 1.807) is 6.26 Å². The van der Waals surface area contributed by atoms with E-state index in [9.17, 15) is 9.59 Å². The molecule has 7 heteroatoms. The van der Waals surface area contributed by atoms with Gasteiger partial charge in [0.05, 0.1) is 26.0 Å².